The molecule has 1 aliphatic rings. The normalized spacial score (nSPS) is 21.5. The maximum atomic E-state index is 8.76. The van der Waals surface area contributed by atoms with E-state index in [1.165, 1.54) is 5.56 Å². The van der Waals surface area contributed by atoms with Crippen LogP contribution in [-0.2, 0) is 12.8 Å². The van der Waals surface area contributed by atoms with Crippen molar-refractivity contribution in [2.75, 3.05) is 0 Å². The minimum atomic E-state index is 0.0763. The third kappa shape index (κ3) is 2.25. The zero-order chi connectivity index (χ0) is 12.4. The van der Waals surface area contributed by atoms with Gasteiger partial charge in [-0.15, -0.1) is 0 Å². The minimum Gasteiger partial charge on any atom is -0.339 e. The summed E-state index contributed by atoms with van der Waals surface area (Å²) in [6, 6.07) is 12.5. The Balaban J connectivity index is 1.60. The van der Waals surface area contributed by atoms with Gasteiger partial charge in [0.15, 0.2) is 5.82 Å². The molecule has 18 heavy (non-hydrogen) atoms. The van der Waals surface area contributed by atoms with Gasteiger partial charge >= 0.3 is 0 Å². The molecule has 3 rings (SSSR count). The summed E-state index contributed by atoms with van der Waals surface area (Å²) in [7, 11) is 0. The highest BCUT2D eigenvalue weighted by atomic mass is 16.5. The Morgan fingerprint density at radius 3 is 2.83 bits per heavy atom. The maximum Gasteiger partial charge on any atom is 0.231 e. The van der Waals surface area contributed by atoms with Crippen LogP contribution in [0.3, 0.4) is 0 Å². The monoisotopic (exact) mass is 239 g/mol. The van der Waals surface area contributed by atoms with E-state index in [0.29, 0.717) is 5.89 Å². The Morgan fingerprint density at radius 2 is 2.11 bits per heavy atom. The van der Waals surface area contributed by atoms with Gasteiger partial charge in [0.25, 0.3) is 0 Å². The zero-order valence-electron chi connectivity index (χ0n) is 9.91. The maximum absolute atomic E-state index is 8.76. The molecule has 1 aromatic carbocycles. The Kier molecular flexibility index (Phi) is 2.81. The van der Waals surface area contributed by atoms with E-state index in [0.717, 1.165) is 25.1 Å². The van der Waals surface area contributed by atoms with Gasteiger partial charge in [0.1, 0.15) is 0 Å². The smallest absolute Gasteiger partial charge is 0.231 e. The molecule has 2 atom stereocenters. The SMILES string of the molecule is N#CC1CC1c1nc(CCc2ccccc2)no1. The fraction of sp³-hybridized carbons (Fsp3) is 0.357. The minimum absolute atomic E-state index is 0.0763. The molecule has 2 aromatic rings. The van der Waals surface area contributed by atoms with Crippen molar-refractivity contribution in [3.05, 3.63) is 47.6 Å². The number of aromatic nitrogens is 2. The number of aryl methyl sites for hydroxylation is 2. The van der Waals surface area contributed by atoms with Crippen molar-refractivity contribution in [3.63, 3.8) is 0 Å². The Labute approximate surface area is 105 Å². The summed E-state index contributed by atoms with van der Waals surface area (Å²) in [5, 5.41) is 12.7. The average Bonchev–Trinajstić information content (AvgIpc) is 3.07. The Bertz CT molecular complexity index is 570. The first-order chi connectivity index (χ1) is 8.86. The second-order valence-electron chi connectivity index (χ2n) is 4.61. The summed E-state index contributed by atoms with van der Waals surface area (Å²) in [6.45, 7) is 0. The van der Waals surface area contributed by atoms with Crippen LogP contribution in [0, 0.1) is 17.2 Å². The number of nitrogens with zero attached hydrogens (tertiary/aromatic N) is 3. The molecule has 0 N–H and O–H groups in total. The topological polar surface area (TPSA) is 62.7 Å². The van der Waals surface area contributed by atoms with Gasteiger partial charge in [-0.2, -0.15) is 10.2 Å². The number of benzene rings is 1. The molecule has 0 aliphatic heterocycles. The number of hydrogen-bond donors (Lipinski definition) is 0. The van der Waals surface area contributed by atoms with Gasteiger partial charge in [0.2, 0.25) is 5.89 Å². The number of nitriles is 1. The number of hydrogen-bond acceptors (Lipinski definition) is 4. The van der Waals surface area contributed by atoms with E-state index in [2.05, 4.69) is 28.3 Å². The molecule has 2 unspecified atom stereocenters. The van der Waals surface area contributed by atoms with Crippen molar-refractivity contribution in [1.29, 1.82) is 5.26 Å². The molecule has 0 bridgehead atoms. The quantitative estimate of drug-likeness (QED) is 0.822. The Morgan fingerprint density at radius 1 is 1.28 bits per heavy atom. The van der Waals surface area contributed by atoms with Gasteiger partial charge in [-0.3, -0.25) is 0 Å². The average molecular weight is 239 g/mol. The van der Waals surface area contributed by atoms with Gasteiger partial charge in [0, 0.05) is 6.42 Å². The lowest BCUT2D eigenvalue weighted by molar-refractivity contribution is 0.372. The zero-order valence-corrected chi connectivity index (χ0v) is 9.91. The van der Waals surface area contributed by atoms with Crippen LogP contribution in [0.25, 0.3) is 0 Å². The van der Waals surface area contributed by atoms with E-state index in [4.69, 9.17) is 9.78 Å². The fourth-order valence-electron chi connectivity index (χ4n) is 2.03. The molecular weight excluding hydrogens is 226 g/mol. The first kappa shape index (κ1) is 11.0. The molecule has 1 fully saturated rings. The van der Waals surface area contributed by atoms with Gasteiger partial charge in [-0.05, 0) is 18.4 Å². The predicted octanol–water partition coefficient (Wildman–Crippen LogP) is 2.48. The van der Waals surface area contributed by atoms with Crippen molar-refractivity contribution < 1.29 is 4.52 Å². The fourth-order valence-corrected chi connectivity index (χ4v) is 2.03. The molecule has 1 saturated carbocycles. The summed E-state index contributed by atoms with van der Waals surface area (Å²) in [4.78, 5) is 4.36. The highest BCUT2D eigenvalue weighted by molar-refractivity contribution is 5.17. The van der Waals surface area contributed by atoms with Crippen LogP contribution >= 0.6 is 0 Å². The summed E-state index contributed by atoms with van der Waals surface area (Å²) in [5.41, 5.74) is 1.27. The summed E-state index contributed by atoms with van der Waals surface area (Å²) < 4.78 is 5.20. The second kappa shape index (κ2) is 4.61. The van der Waals surface area contributed by atoms with E-state index in [9.17, 15) is 0 Å². The Hall–Kier alpha value is -2.15. The highest BCUT2D eigenvalue weighted by Crippen LogP contribution is 2.45. The standard InChI is InChI=1S/C14H13N3O/c15-9-11-8-12(11)14-16-13(17-18-14)7-6-10-4-2-1-3-5-10/h1-5,11-12H,6-8H2. The summed E-state index contributed by atoms with van der Waals surface area (Å²) in [6.07, 6.45) is 2.54. The highest BCUT2D eigenvalue weighted by Gasteiger charge is 2.43. The third-order valence-electron chi connectivity index (χ3n) is 3.24. The molecule has 0 saturated heterocycles. The van der Waals surface area contributed by atoms with E-state index < -0.39 is 0 Å². The largest absolute Gasteiger partial charge is 0.339 e. The van der Waals surface area contributed by atoms with Crippen LogP contribution in [-0.4, -0.2) is 10.1 Å². The molecule has 4 nitrogen and oxygen atoms in total. The molecule has 0 spiro atoms. The molecule has 4 heteroatoms. The number of rotatable bonds is 4. The third-order valence-corrected chi connectivity index (χ3v) is 3.24. The molecule has 90 valence electrons. The van der Waals surface area contributed by atoms with Crippen LogP contribution in [0.15, 0.2) is 34.9 Å². The molecule has 0 radical (unpaired) electrons. The first-order valence-electron chi connectivity index (χ1n) is 6.13. The lowest BCUT2D eigenvalue weighted by Crippen LogP contribution is -1.93. The van der Waals surface area contributed by atoms with Gasteiger partial charge < -0.3 is 4.52 Å². The van der Waals surface area contributed by atoms with Crippen molar-refractivity contribution in [1.82, 2.24) is 10.1 Å². The first-order valence-corrected chi connectivity index (χ1v) is 6.13. The van der Waals surface area contributed by atoms with Crippen LogP contribution in [0.4, 0.5) is 0 Å². The van der Waals surface area contributed by atoms with Crippen LogP contribution in [0.1, 0.15) is 29.6 Å². The van der Waals surface area contributed by atoms with Crippen LogP contribution in [0.5, 0.6) is 0 Å². The van der Waals surface area contributed by atoms with Gasteiger partial charge in [-0.1, -0.05) is 35.5 Å². The van der Waals surface area contributed by atoms with Crippen LogP contribution < -0.4 is 0 Å². The molecular formula is C14H13N3O. The molecule has 1 heterocycles. The van der Waals surface area contributed by atoms with Crippen molar-refractivity contribution in [2.24, 2.45) is 5.92 Å². The molecule has 1 aliphatic carbocycles. The van der Waals surface area contributed by atoms with E-state index in [1.54, 1.807) is 0 Å². The molecule has 0 amide bonds. The van der Waals surface area contributed by atoms with Crippen molar-refractivity contribution >= 4 is 0 Å². The van der Waals surface area contributed by atoms with E-state index in [-0.39, 0.29) is 11.8 Å². The predicted molar refractivity (Wildman–Crippen MR) is 64.6 cm³/mol. The lowest BCUT2D eigenvalue weighted by Gasteiger charge is -1.96. The van der Waals surface area contributed by atoms with Crippen molar-refractivity contribution in [2.45, 2.75) is 25.2 Å². The van der Waals surface area contributed by atoms with Gasteiger partial charge in [0.05, 0.1) is 17.9 Å². The van der Waals surface area contributed by atoms with Gasteiger partial charge in [-0.25, -0.2) is 0 Å². The summed E-state index contributed by atoms with van der Waals surface area (Å²) in [5.74, 6) is 1.61. The van der Waals surface area contributed by atoms with Crippen molar-refractivity contribution in [3.8, 4) is 6.07 Å². The lowest BCUT2D eigenvalue weighted by atomic mass is 10.1. The second-order valence-corrected chi connectivity index (χ2v) is 4.61. The van der Waals surface area contributed by atoms with E-state index in [1.807, 2.05) is 18.2 Å². The van der Waals surface area contributed by atoms with Crippen LogP contribution in [0.2, 0.25) is 0 Å². The summed E-state index contributed by atoms with van der Waals surface area (Å²) >= 11 is 0. The van der Waals surface area contributed by atoms with E-state index >= 15 is 0 Å². The molecule has 1 aromatic heterocycles.